The summed E-state index contributed by atoms with van der Waals surface area (Å²) in [6.07, 6.45) is -2.39. The van der Waals surface area contributed by atoms with Crippen LogP contribution in [0, 0.1) is 5.92 Å². The molecular formula is C19H34N6O8. The number of aliphatic carboxylic acids is 1. The van der Waals surface area contributed by atoms with Crippen molar-refractivity contribution < 1.29 is 39.0 Å². The number of carbonyl (C=O) groups excluding carboxylic acids is 5. The molecule has 14 heteroatoms. The van der Waals surface area contributed by atoms with E-state index in [1.165, 1.54) is 6.92 Å². The lowest BCUT2D eigenvalue weighted by Crippen LogP contribution is -2.58. The van der Waals surface area contributed by atoms with Crippen molar-refractivity contribution in [3.8, 4) is 0 Å². The van der Waals surface area contributed by atoms with Crippen LogP contribution in [0.5, 0.6) is 0 Å². The van der Waals surface area contributed by atoms with Crippen LogP contribution in [0.25, 0.3) is 0 Å². The Morgan fingerprint density at radius 2 is 1.27 bits per heavy atom. The Hall–Kier alpha value is -3.26. The highest BCUT2D eigenvalue weighted by molar-refractivity contribution is 5.96. The number of aliphatic hydroxyl groups is 1. The molecule has 0 heterocycles. The molecule has 5 atom stereocenters. The van der Waals surface area contributed by atoms with Crippen LogP contribution in [0.1, 0.15) is 46.5 Å². The molecule has 0 aliphatic rings. The number of carbonyl (C=O) groups is 6. The molecular weight excluding hydrogens is 440 g/mol. The summed E-state index contributed by atoms with van der Waals surface area (Å²) in [7, 11) is 0. The van der Waals surface area contributed by atoms with Gasteiger partial charge in [-0.2, -0.15) is 0 Å². The molecule has 0 rings (SSSR count). The first-order valence-corrected chi connectivity index (χ1v) is 10.3. The topological polar surface area (TPSA) is 257 Å². The fraction of sp³-hybridized carbons (Fsp3) is 0.684. The van der Waals surface area contributed by atoms with Crippen molar-refractivity contribution in [2.24, 2.45) is 23.1 Å². The zero-order chi connectivity index (χ0) is 25.9. The molecule has 0 aliphatic carbocycles. The van der Waals surface area contributed by atoms with Crippen molar-refractivity contribution in [3.63, 3.8) is 0 Å². The summed E-state index contributed by atoms with van der Waals surface area (Å²) < 4.78 is 0. The molecule has 14 nitrogen and oxygen atoms in total. The molecule has 0 aromatic rings. The van der Waals surface area contributed by atoms with Crippen molar-refractivity contribution in [1.82, 2.24) is 16.0 Å². The predicted molar refractivity (Wildman–Crippen MR) is 115 cm³/mol. The first-order chi connectivity index (χ1) is 15.1. The van der Waals surface area contributed by atoms with Gasteiger partial charge in [-0.15, -0.1) is 0 Å². The number of amides is 5. The van der Waals surface area contributed by atoms with Gasteiger partial charge in [-0.3, -0.25) is 24.0 Å². The van der Waals surface area contributed by atoms with Crippen LogP contribution in [-0.4, -0.2) is 76.0 Å². The molecule has 0 saturated heterocycles. The number of carboxylic acid groups (broad SMARTS) is 1. The zero-order valence-corrected chi connectivity index (χ0v) is 18.9. The van der Waals surface area contributed by atoms with E-state index in [2.05, 4.69) is 16.0 Å². The quantitative estimate of drug-likeness (QED) is 0.116. The van der Waals surface area contributed by atoms with Crippen LogP contribution in [0.2, 0.25) is 0 Å². The second kappa shape index (κ2) is 14.0. The van der Waals surface area contributed by atoms with Crippen LogP contribution < -0.4 is 33.2 Å². The number of rotatable bonds is 15. The summed E-state index contributed by atoms with van der Waals surface area (Å²) in [4.78, 5) is 71.5. The molecule has 0 aliphatic heterocycles. The number of aliphatic hydroxyl groups excluding tert-OH is 1. The molecule has 0 bridgehead atoms. The number of nitrogens with one attached hydrogen (secondary N) is 3. The van der Waals surface area contributed by atoms with Gasteiger partial charge in [-0.05, 0) is 25.7 Å². The minimum Gasteiger partial charge on any atom is -0.480 e. The summed E-state index contributed by atoms with van der Waals surface area (Å²) >= 11 is 0. The first kappa shape index (κ1) is 29.7. The van der Waals surface area contributed by atoms with Crippen molar-refractivity contribution in [2.45, 2.75) is 76.7 Å². The van der Waals surface area contributed by atoms with Gasteiger partial charge in [0.25, 0.3) is 0 Å². The van der Waals surface area contributed by atoms with E-state index in [-0.39, 0.29) is 25.2 Å². The fourth-order valence-corrected chi connectivity index (χ4v) is 2.69. The van der Waals surface area contributed by atoms with Gasteiger partial charge >= 0.3 is 5.97 Å². The van der Waals surface area contributed by atoms with Crippen LogP contribution in [0.15, 0.2) is 0 Å². The lowest BCUT2D eigenvalue weighted by atomic mass is 10.0. The van der Waals surface area contributed by atoms with Crippen LogP contribution in [0.4, 0.5) is 0 Å². The normalized spacial score (nSPS) is 15.5. The van der Waals surface area contributed by atoms with E-state index in [0.717, 1.165) is 0 Å². The third kappa shape index (κ3) is 11.8. The molecule has 0 radical (unpaired) electrons. The Bertz CT molecular complexity index is 742. The maximum atomic E-state index is 12.7. The first-order valence-electron chi connectivity index (χ1n) is 10.3. The summed E-state index contributed by atoms with van der Waals surface area (Å²) in [5.74, 6) is -5.97. The summed E-state index contributed by atoms with van der Waals surface area (Å²) in [6.45, 7) is 4.75. The van der Waals surface area contributed by atoms with E-state index in [4.69, 9.17) is 17.2 Å². The summed E-state index contributed by atoms with van der Waals surface area (Å²) in [5.41, 5.74) is 15.8. The van der Waals surface area contributed by atoms with Crippen molar-refractivity contribution in [1.29, 1.82) is 0 Å². The van der Waals surface area contributed by atoms with E-state index < -0.39 is 72.2 Å². The third-order valence-electron chi connectivity index (χ3n) is 4.49. The second-order valence-electron chi connectivity index (χ2n) is 8.09. The standard InChI is InChI=1S/C19H34N6O8/c1-8(2)6-12(19(32)33)25-17(30)11(7-14(21)28)24-16(29)10(4-5-13(20)27)23-18(31)15(22)9(3)26/h8-12,15,26H,4-7,22H2,1-3H3,(H2,20,27)(H2,21,28)(H,23,31)(H,24,29)(H,25,30)(H,32,33)/t9-,10+,11+,12+,15+/m1/s1. The van der Waals surface area contributed by atoms with E-state index in [1.54, 1.807) is 13.8 Å². The van der Waals surface area contributed by atoms with Gasteiger partial charge in [-0.1, -0.05) is 13.8 Å². The van der Waals surface area contributed by atoms with Gasteiger partial charge in [-0.25, -0.2) is 4.79 Å². The Morgan fingerprint density at radius 3 is 1.70 bits per heavy atom. The molecule has 33 heavy (non-hydrogen) atoms. The summed E-state index contributed by atoms with van der Waals surface area (Å²) in [5, 5.41) is 25.5. The molecule has 0 aromatic heterocycles. The van der Waals surface area contributed by atoms with Crippen molar-refractivity contribution >= 4 is 35.5 Å². The highest BCUT2D eigenvalue weighted by Gasteiger charge is 2.32. The second-order valence-corrected chi connectivity index (χ2v) is 8.09. The Morgan fingerprint density at radius 1 is 0.788 bits per heavy atom. The number of hydrogen-bond acceptors (Lipinski definition) is 8. The third-order valence-corrected chi connectivity index (χ3v) is 4.49. The number of carboxylic acids is 1. The maximum Gasteiger partial charge on any atom is 0.326 e. The molecule has 188 valence electrons. The molecule has 0 unspecified atom stereocenters. The van der Waals surface area contributed by atoms with Gasteiger partial charge in [0.1, 0.15) is 24.2 Å². The van der Waals surface area contributed by atoms with E-state index in [0.29, 0.717) is 0 Å². The Labute approximate surface area is 191 Å². The minimum atomic E-state index is -1.55. The molecule has 5 amide bonds. The van der Waals surface area contributed by atoms with Gasteiger partial charge < -0.3 is 43.4 Å². The predicted octanol–water partition coefficient (Wildman–Crippen LogP) is -3.58. The lowest BCUT2D eigenvalue weighted by Gasteiger charge is -2.25. The van der Waals surface area contributed by atoms with Crippen LogP contribution >= 0.6 is 0 Å². The van der Waals surface area contributed by atoms with E-state index in [9.17, 15) is 39.0 Å². The van der Waals surface area contributed by atoms with Gasteiger partial charge in [0, 0.05) is 6.42 Å². The highest BCUT2D eigenvalue weighted by atomic mass is 16.4. The van der Waals surface area contributed by atoms with Crippen molar-refractivity contribution in [3.05, 3.63) is 0 Å². The maximum absolute atomic E-state index is 12.7. The Balaban J connectivity index is 5.59. The largest absolute Gasteiger partial charge is 0.480 e. The van der Waals surface area contributed by atoms with Gasteiger partial charge in [0.2, 0.25) is 29.5 Å². The minimum absolute atomic E-state index is 0.0814. The average Bonchev–Trinajstić information content (AvgIpc) is 2.67. The zero-order valence-electron chi connectivity index (χ0n) is 18.9. The fourth-order valence-electron chi connectivity index (χ4n) is 2.69. The molecule has 11 N–H and O–H groups in total. The van der Waals surface area contributed by atoms with E-state index in [1.807, 2.05) is 0 Å². The molecule has 0 aromatic carbocycles. The monoisotopic (exact) mass is 474 g/mol. The van der Waals surface area contributed by atoms with Crippen molar-refractivity contribution in [2.75, 3.05) is 0 Å². The van der Waals surface area contributed by atoms with E-state index >= 15 is 0 Å². The number of hydrogen-bond donors (Lipinski definition) is 8. The number of nitrogens with two attached hydrogens (primary N) is 3. The average molecular weight is 475 g/mol. The number of primary amides is 2. The smallest absolute Gasteiger partial charge is 0.326 e. The van der Waals surface area contributed by atoms with Crippen LogP contribution in [0.3, 0.4) is 0 Å². The lowest BCUT2D eigenvalue weighted by molar-refractivity contribution is -0.143. The highest BCUT2D eigenvalue weighted by Crippen LogP contribution is 2.07. The molecule has 0 fully saturated rings. The Kier molecular flexibility index (Phi) is 12.6. The van der Waals surface area contributed by atoms with Gasteiger partial charge in [0.05, 0.1) is 12.5 Å². The summed E-state index contributed by atoms with van der Waals surface area (Å²) in [6, 6.07) is -5.61. The van der Waals surface area contributed by atoms with Gasteiger partial charge in [0.15, 0.2) is 0 Å². The SMILES string of the molecule is CC(C)C[C@H](NC(=O)[C@H](CC(N)=O)NC(=O)[C@H](CCC(N)=O)NC(=O)[C@@H](N)[C@@H](C)O)C(=O)O. The van der Waals surface area contributed by atoms with Crippen LogP contribution in [-0.2, 0) is 28.8 Å². The molecule has 0 spiro atoms. The molecule has 0 saturated carbocycles.